The molecule has 3 N–H and O–H groups in total. The first-order chi connectivity index (χ1) is 12.7. The molecule has 6 nitrogen and oxygen atoms in total. The number of nitrogens with one attached hydrogen (secondary N) is 2. The summed E-state index contributed by atoms with van der Waals surface area (Å²) in [5, 5.41) is 19.2. The highest BCUT2D eigenvalue weighted by atomic mass is 16.5. The number of aromatic nitrogens is 2. The van der Waals surface area contributed by atoms with Gasteiger partial charge in [0.15, 0.2) is 0 Å². The van der Waals surface area contributed by atoms with Crippen molar-refractivity contribution in [1.29, 1.82) is 0 Å². The van der Waals surface area contributed by atoms with Gasteiger partial charge in [0.1, 0.15) is 5.75 Å². The van der Waals surface area contributed by atoms with Gasteiger partial charge in [0, 0.05) is 22.9 Å². The van der Waals surface area contributed by atoms with E-state index in [0.717, 1.165) is 16.7 Å². The van der Waals surface area contributed by atoms with Crippen molar-refractivity contribution in [3.8, 4) is 16.9 Å². The second kappa shape index (κ2) is 8.31. The molecule has 0 aliphatic carbocycles. The molecular formula is C20H21N3O3. The Morgan fingerprint density at radius 3 is 2.73 bits per heavy atom. The second-order valence-corrected chi connectivity index (χ2v) is 5.75. The third-order valence-corrected chi connectivity index (χ3v) is 4.04. The van der Waals surface area contributed by atoms with Crippen molar-refractivity contribution >= 4 is 5.91 Å². The van der Waals surface area contributed by atoms with E-state index >= 15 is 0 Å². The van der Waals surface area contributed by atoms with Crippen molar-refractivity contribution in [2.75, 3.05) is 13.2 Å². The van der Waals surface area contributed by atoms with E-state index in [-0.39, 0.29) is 12.5 Å². The molecule has 0 bridgehead atoms. The van der Waals surface area contributed by atoms with E-state index in [9.17, 15) is 9.90 Å². The lowest BCUT2D eigenvalue weighted by molar-refractivity contribution is 0.0916. The van der Waals surface area contributed by atoms with E-state index in [1.807, 2.05) is 43.3 Å². The average molecular weight is 351 g/mol. The number of aromatic amines is 1. The molecule has 1 atom stereocenters. The van der Waals surface area contributed by atoms with Crippen LogP contribution in [0.3, 0.4) is 0 Å². The summed E-state index contributed by atoms with van der Waals surface area (Å²) in [5.74, 6) is 0.342. The van der Waals surface area contributed by atoms with Gasteiger partial charge in [-0.05, 0) is 30.7 Å². The predicted octanol–water partition coefficient (Wildman–Crippen LogP) is 2.94. The van der Waals surface area contributed by atoms with E-state index in [2.05, 4.69) is 15.5 Å². The highest BCUT2D eigenvalue weighted by Crippen LogP contribution is 2.30. The Morgan fingerprint density at radius 1 is 1.27 bits per heavy atom. The quantitative estimate of drug-likeness (QED) is 0.611. The number of H-pyrrole nitrogens is 1. The summed E-state index contributed by atoms with van der Waals surface area (Å²) < 4.78 is 5.70. The molecule has 3 rings (SSSR count). The minimum Gasteiger partial charge on any atom is -0.493 e. The van der Waals surface area contributed by atoms with Gasteiger partial charge in [-0.1, -0.05) is 30.3 Å². The van der Waals surface area contributed by atoms with Crippen LogP contribution in [-0.4, -0.2) is 34.4 Å². The fraction of sp³-hybridized carbons (Fsp3) is 0.200. The summed E-state index contributed by atoms with van der Waals surface area (Å²) in [6.45, 7) is 2.20. The minimum absolute atomic E-state index is 0.179. The number of carbonyl (C=O) groups excluding carboxylic acids is 1. The number of aliphatic hydroxyl groups is 1. The van der Waals surface area contributed by atoms with Gasteiger partial charge < -0.3 is 15.2 Å². The van der Waals surface area contributed by atoms with Crippen LogP contribution < -0.4 is 10.1 Å². The minimum atomic E-state index is -0.465. The SMILES string of the molecule is CCOc1cc(C(=O)N[C@H](CO)c2ccccc2)ccc1-c1cn[nH]c1. The molecule has 0 saturated heterocycles. The molecule has 3 aromatic rings. The van der Waals surface area contributed by atoms with Crippen molar-refractivity contribution in [3.63, 3.8) is 0 Å². The van der Waals surface area contributed by atoms with E-state index in [4.69, 9.17) is 4.74 Å². The Morgan fingerprint density at radius 2 is 2.08 bits per heavy atom. The van der Waals surface area contributed by atoms with Gasteiger partial charge in [0.25, 0.3) is 5.91 Å². The molecular weight excluding hydrogens is 330 g/mol. The molecule has 6 heteroatoms. The Bertz CT molecular complexity index is 848. The molecule has 0 spiro atoms. The van der Waals surface area contributed by atoms with Crippen LogP contribution in [0.1, 0.15) is 28.9 Å². The zero-order chi connectivity index (χ0) is 18.4. The van der Waals surface area contributed by atoms with Crippen LogP contribution in [0.25, 0.3) is 11.1 Å². The molecule has 26 heavy (non-hydrogen) atoms. The van der Waals surface area contributed by atoms with Crippen LogP contribution in [0.5, 0.6) is 5.75 Å². The fourth-order valence-electron chi connectivity index (χ4n) is 2.74. The number of hydrogen-bond donors (Lipinski definition) is 3. The maximum absolute atomic E-state index is 12.6. The van der Waals surface area contributed by atoms with Crippen LogP contribution in [0.2, 0.25) is 0 Å². The summed E-state index contributed by atoms with van der Waals surface area (Å²) in [6.07, 6.45) is 3.48. The van der Waals surface area contributed by atoms with E-state index in [0.29, 0.717) is 17.9 Å². The molecule has 0 aliphatic rings. The summed E-state index contributed by atoms with van der Waals surface area (Å²) in [7, 11) is 0. The van der Waals surface area contributed by atoms with Crippen LogP contribution >= 0.6 is 0 Å². The Balaban J connectivity index is 1.84. The van der Waals surface area contributed by atoms with Crippen LogP contribution in [0, 0.1) is 0 Å². The fourth-order valence-corrected chi connectivity index (χ4v) is 2.74. The Kier molecular flexibility index (Phi) is 5.66. The molecule has 0 unspecified atom stereocenters. The highest BCUT2D eigenvalue weighted by molar-refractivity contribution is 5.95. The molecule has 2 aromatic carbocycles. The summed E-state index contributed by atoms with van der Waals surface area (Å²) in [4.78, 5) is 12.6. The molecule has 134 valence electrons. The molecule has 0 aliphatic heterocycles. The van der Waals surface area contributed by atoms with Gasteiger partial charge in [0.05, 0.1) is 25.5 Å². The lowest BCUT2D eigenvalue weighted by atomic mass is 10.0. The van der Waals surface area contributed by atoms with Gasteiger partial charge >= 0.3 is 0 Å². The number of amides is 1. The number of nitrogens with zero attached hydrogens (tertiary/aromatic N) is 1. The Labute approximate surface area is 151 Å². The zero-order valence-electron chi connectivity index (χ0n) is 14.5. The smallest absolute Gasteiger partial charge is 0.251 e. The first-order valence-corrected chi connectivity index (χ1v) is 8.45. The number of aliphatic hydroxyl groups excluding tert-OH is 1. The molecule has 0 radical (unpaired) electrons. The van der Waals surface area contributed by atoms with E-state index in [1.54, 1.807) is 24.5 Å². The predicted molar refractivity (Wildman–Crippen MR) is 98.9 cm³/mol. The summed E-state index contributed by atoms with van der Waals surface area (Å²) in [6, 6.07) is 14.2. The number of hydrogen-bond acceptors (Lipinski definition) is 4. The molecule has 0 fully saturated rings. The van der Waals surface area contributed by atoms with Crippen LogP contribution in [0.15, 0.2) is 60.9 Å². The maximum atomic E-state index is 12.6. The number of rotatable bonds is 7. The van der Waals surface area contributed by atoms with Gasteiger partial charge in [0.2, 0.25) is 0 Å². The Hall–Kier alpha value is -3.12. The topological polar surface area (TPSA) is 87.2 Å². The first-order valence-electron chi connectivity index (χ1n) is 8.45. The first kappa shape index (κ1) is 17.7. The van der Waals surface area contributed by atoms with Gasteiger partial charge in [-0.25, -0.2) is 0 Å². The van der Waals surface area contributed by atoms with Gasteiger partial charge in [-0.3, -0.25) is 9.89 Å². The third kappa shape index (κ3) is 3.92. The highest BCUT2D eigenvalue weighted by Gasteiger charge is 2.17. The molecule has 1 heterocycles. The van der Waals surface area contributed by atoms with Crippen molar-refractivity contribution in [2.45, 2.75) is 13.0 Å². The van der Waals surface area contributed by atoms with Crippen molar-refractivity contribution in [3.05, 3.63) is 72.1 Å². The molecule has 1 amide bonds. The lowest BCUT2D eigenvalue weighted by Crippen LogP contribution is -2.30. The molecule has 0 saturated carbocycles. The standard InChI is InChI=1S/C20H21N3O3/c1-2-26-19-10-15(8-9-17(19)16-11-21-22-12-16)20(25)23-18(13-24)14-6-4-3-5-7-14/h3-12,18,24H,2,13H2,1H3,(H,21,22)(H,23,25)/t18-/m1/s1. The monoisotopic (exact) mass is 351 g/mol. The van der Waals surface area contributed by atoms with Crippen molar-refractivity contribution < 1.29 is 14.6 Å². The van der Waals surface area contributed by atoms with Crippen LogP contribution in [0.4, 0.5) is 0 Å². The third-order valence-electron chi connectivity index (χ3n) is 4.04. The summed E-state index contributed by atoms with van der Waals surface area (Å²) >= 11 is 0. The van der Waals surface area contributed by atoms with Gasteiger partial charge in [-0.2, -0.15) is 5.10 Å². The number of ether oxygens (including phenoxy) is 1. The van der Waals surface area contributed by atoms with E-state index < -0.39 is 6.04 Å². The zero-order valence-corrected chi connectivity index (χ0v) is 14.5. The lowest BCUT2D eigenvalue weighted by Gasteiger charge is -2.17. The maximum Gasteiger partial charge on any atom is 0.251 e. The van der Waals surface area contributed by atoms with E-state index in [1.165, 1.54) is 0 Å². The second-order valence-electron chi connectivity index (χ2n) is 5.75. The van der Waals surface area contributed by atoms with Crippen molar-refractivity contribution in [1.82, 2.24) is 15.5 Å². The van der Waals surface area contributed by atoms with Crippen molar-refractivity contribution in [2.24, 2.45) is 0 Å². The van der Waals surface area contributed by atoms with Gasteiger partial charge in [-0.15, -0.1) is 0 Å². The van der Waals surface area contributed by atoms with Crippen LogP contribution in [-0.2, 0) is 0 Å². The number of carbonyl (C=O) groups is 1. The molecule has 1 aromatic heterocycles. The summed E-state index contributed by atoms with van der Waals surface area (Å²) in [5.41, 5.74) is 3.07. The largest absolute Gasteiger partial charge is 0.493 e. The average Bonchev–Trinajstić information content (AvgIpc) is 3.21. The number of benzene rings is 2. The normalized spacial score (nSPS) is 11.8.